The SMILES string of the molecule is CCCCc1ccc(NC(=O)c2ccc(I)cc2)cc1. The Kier molecular flexibility index (Phi) is 5.59. The van der Waals surface area contributed by atoms with E-state index in [4.69, 9.17) is 0 Å². The van der Waals surface area contributed by atoms with Gasteiger partial charge >= 0.3 is 0 Å². The van der Waals surface area contributed by atoms with Gasteiger partial charge in [0.15, 0.2) is 0 Å². The number of halogens is 1. The summed E-state index contributed by atoms with van der Waals surface area (Å²) in [7, 11) is 0. The zero-order valence-corrected chi connectivity index (χ0v) is 13.7. The number of carbonyl (C=O) groups excluding carboxylic acids is 1. The highest BCUT2D eigenvalue weighted by molar-refractivity contribution is 14.1. The molecule has 0 atom stereocenters. The third-order valence-corrected chi connectivity index (χ3v) is 3.86. The molecule has 3 heteroatoms. The van der Waals surface area contributed by atoms with Gasteiger partial charge in [0.2, 0.25) is 0 Å². The summed E-state index contributed by atoms with van der Waals surface area (Å²) in [5, 5.41) is 2.92. The molecule has 0 saturated heterocycles. The van der Waals surface area contributed by atoms with Crippen molar-refractivity contribution in [3.63, 3.8) is 0 Å². The fourth-order valence-electron chi connectivity index (χ4n) is 1.94. The Morgan fingerprint density at radius 3 is 2.30 bits per heavy atom. The van der Waals surface area contributed by atoms with Crippen molar-refractivity contribution in [2.24, 2.45) is 0 Å². The van der Waals surface area contributed by atoms with Gasteiger partial charge in [0.1, 0.15) is 0 Å². The van der Waals surface area contributed by atoms with Crippen molar-refractivity contribution in [2.75, 3.05) is 5.32 Å². The molecule has 2 rings (SSSR count). The Morgan fingerprint density at radius 2 is 1.70 bits per heavy atom. The Bertz CT molecular complexity index is 561. The zero-order chi connectivity index (χ0) is 14.4. The average Bonchev–Trinajstić information content (AvgIpc) is 2.47. The summed E-state index contributed by atoms with van der Waals surface area (Å²) in [5.74, 6) is -0.0669. The van der Waals surface area contributed by atoms with Crippen LogP contribution in [0.2, 0.25) is 0 Å². The van der Waals surface area contributed by atoms with Gasteiger partial charge in [-0.15, -0.1) is 0 Å². The summed E-state index contributed by atoms with van der Waals surface area (Å²) in [5.41, 5.74) is 2.84. The fourth-order valence-corrected chi connectivity index (χ4v) is 2.30. The number of benzene rings is 2. The maximum absolute atomic E-state index is 12.1. The van der Waals surface area contributed by atoms with Gasteiger partial charge in [0, 0.05) is 14.8 Å². The van der Waals surface area contributed by atoms with Crippen LogP contribution < -0.4 is 5.32 Å². The topological polar surface area (TPSA) is 29.1 Å². The molecule has 1 N–H and O–H groups in total. The number of hydrogen-bond donors (Lipinski definition) is 1. The number of amides is 1. The largest absolute Gasteiger partial charge is 0.322 e. The van der Waals surface area contributed by atoms with Gasteiger partial charge < -0.3 is 5.32 Å². The number of unbranched alkanes of at least 4 members (excludes halogenated alkanes) is 1. The Balaban J connectivity index is 1.99. The molecular weight excluding hydrogens is 361 g/mol. The number of hydrogen-bond acceptors (Lipinski definition) is 1. The van der Waals surface area contributed by atoms with Gasteiger partial charge in [-0.2, -0.15) is 0 Å². The number of carbonyl (C=O) groups is 1. The van der Waals surface area contributed by atoms with Gasteiger partial charge in [-0.05, 0) is 77.4 Å². The van der Waals surface area contributed by atoms with Crippen LogP contribution in [0.4, 0.5) is 5.69 Å². The maximum atomic E-state index is 12.1. The van der Waals surface area contributed by atoms with E-state index in [1.165, 1.54) is 18.4 Å². The third-order valence-electron chi connectivity index (χ3n) is 3.14. The van der Waals surface area contributed by atoms with Gasteiger partial charge in [-0.3, -0.25) is 4.79 Å². The van der Waals surface area contributed by atoms with E-state index in [9.17, 15) is 4.79 Å². The quantitative estimate of drug-likeness (QED) is 0.737. The van der Waals surface area contributed by atoms with E-state index in [2.05, 4.69) is 47.0 Å². The lowest BCUT2D eigenvalue weighted by Crippen LogP contribution is -2.11. The average molecular weight is 379 g/mol. The lowest BCUT2D eigenvalue weighted by molar-refractivity contribution is 0.102. The minimum atomic E-state index is -0.0669. The van der Waals surface area contributed by atoms with Crippen LogP contribution in [0.25, 0.3) is 0 Å². The second-order valence-electron chi connectivity index (χ2n) is 4.76. The van der Waals surface area contributed by atoms with Crippen molar-refractivity contribution in [3.05, 3.63) is 63.2 Å². The molecule has 1 amide bonds. The first-order valence-corrected chi connectivity index (χ1v) is 7.93. The standard InChI is InChI=1S/C17H18INO/c1-2-3-4-13-5-11-16(12-6-13)19-17(20)14-7-9-15(18)10-8-14/h5-12H,2-4H2,1H3,(H,19,20). The Hall–Kier alpha value is -1.36. The monoisotopic (exact) mass is 379 g/mol. The second kappa shape index (κ2) is 7.43. The van der Waals surface area contributed by atoms with Crippen LogP contribution in [-0.4, -0.2) is 5.91 Å². The van der Waals surface area contributed by atoms with Crippen molar-refractivity contribution in [1.82, 2.24) is 0 Å². The Labute approximate surface area is 133 Å². The normalized spacial score (nSPS) is 10.3. The molecule has 0 radical (unpaired) electrons. The van der Waals surface area contributed by atoms with Crippen molar-refractivity contribution in [3.8, 4) is 0 Å². The lowest BCUT2D eigenvalue weighted by atomic mass is 10.1. The smallest absolute Gasteiger partial charge is 0.255 e. The first-order chi connectivity index (χ1) is 9.69. The summed E-state index contributed by atoms with van der Waals surface area (Å²) < 4.78 is 1.12. The van der Waals surface area contributed by atoms with Gasteiger partial charge in [-0.25, -0.2) is 0 Å². The highest BCUT2D eigenvalue weighted by Crippen LogP contribution is 2.14. The molecule has 104 valence electrons. The molecule has 0 heterocycles. The van der Waals surface area contributed by atoms with Crippen molar-refractivity contribution in [1.29, 1.82) is 0 Å². The van der Waals surface area contributed by atoms with Crippen LogP contribution in [0, 0.1) is 3.57 Å². The van der Waals surface area contributed by atoms with E-state index < -0.39 is 0 Å². The summed E-state index contributed by atoms with van der Waals surface area (Å²) in [6, 6.07) is 15.6. The predicted octanol–water partition coefficient (Wildman–Crippen LogP) is 4.89. The molecule has 0 aromatic heterocycles. The van der Waals surface area contributed by atoms with Crippen molar-refractivity contribution >= 4 is 34.2 Å². The molecule has 2 nitrogen and oxygen atoms in total. The van der Waals surface area contributed by atoms with E-state index in [1.807, 2.05) is 36.4 Å². The summed E-state index contributed by atoms with van der Waals surface area (Å²) in [6.45, 7) is 2.19. The maximum Gasteiger partial charge on any atom is 0.255 e. The van der Waals surface area contributed by atoms with Crippen molar-refractivity contribution < 1.29 is 4.79 Å². The minimum Gasteiger partial charge on any atom is -0.322 e. The van der Waals surface area contributed by atoms with E-state index in [-0.39, 0.29) is 5.91 Å². The van der Waals surface area contributed by atoms with Crippen LogP contribution in [-0.2, 0) is 6.42 Å². The molecule has 0 aliphatic heterocycles. The van der Waals surface area contributed by atoms with Crippen LogP contribution in [0.15, 0.2) is 48.5 Å². The van der Waals surface area contributed by atoms with E-state index in [0.29, 0.717) is 5.56 Å². The van der Waals surface area contributed by atoms with Crippen molar-refractivity contribution in [2.45, 2.75) is 26.2 Å². The first kappa shape index (κ1) is 15.0. The van der Waals surface area contributed by atoms with Crippen LogP contribution in [0.5, 0.6) is 0 Å². The molecule has 0 aliphatic carbocycles. The first-order valence-electron chi connectivity index (χ1n) is 6.85. The lowest BCUT2D eigenvalue weighted by Gasteiger charge is -2.06. The number of anilines is 1. The van der Waals surface area contributed by atoms with E-state index in [0.717, 1.165) is 15.7 Å². The van der Waals surface area contributed by atoms with Gasteiger partial charge in [0.25, 0.3) is 5.91 Å². The summed E-state index contributed by atoms with van der Waals surface area (Å²) >= 11 is 2.23. The molecule has 0 aliphatic rings. The third kappa shape index (κ3) is 4.34. The van der Waals surface area contributed by atoms with E-state index in [1.54, 1.807) is 0 Å². The summed E-state index contributed by atoms with van der Waals surface area (Å²) in [4.78, 5) is 12.1. The van der Waals surface area contributed by atoms with E-state index >= 15 is 0 Å². The highest BCUT2D eigenvalue weighted by Gasteiger charge is 2.05. The fraction of sp³-hybridized carbons (Fsp3) is 0.235. The molecule has 0 spiro atoms. The molecule has 0 unspecified atom stereocenters. The van der Waals surface area contributed by atoms with Crippen LogP contribution >= 0.6 is 22.6 Å². The minimum absolute atomic E-state index is 0.0669. The molecule has 20 heavy (non-hydrogen) atoms. The number of aryl methyl sites for hydroxylation is 1. The zero-order valence-electron chi connectivity index (χ0n) is 11.5. The molecule has 2 aromatic rings. The van der Waals surface area contributed by atoms with Gasteiger partial charge in [-0.1, -0.05) is 25.5 Å². The van der Waals surface area contributed by atoms with Gasteiger partial charge in [0.05, 0.1) is 0 Å². The molecule has 0 fully saturated rings. The van der Waals surface area contributed by atoms with Crippen LogP contribution in [0.1, 0.15) is 35.7 Å². The molecule has 0 saturated carbocycles. The predicted molar refractivity (Wildman–Crippen MR) is 92.2 cm³/mol. The molecule has 0 bridgehead atoms. The molecular formula is C17H18INO. The highest BCUT2D eigenvalue weighted by atomic mass is 127. The second-order valence-corrected chi connectivity index (χ2v) is 6.01. The summed E-state index contributed by atoms with van der Waals surface area (Å²) in [6.07, 6.45) is 3.50. The Morgan fingerprint density at radius 1 is 1.05 bits per heavy atom. The number of rotatable bonds is 5. The van der Waals surface area contributed by atoms with Crippen LogP contribution in [0.3, 0.4) is 0 Å². The number of nitrogens with one attached hydrogen (secondary N) is 1. The molecule has 2 aromatic carbocycles.